The fourth-order valence-corrected chi connectivity index (χ4v) is 2.37. The van der Waals surface area contributed by atoms with Crippen LogP contribution in [0.15, 0.2) is 54.9 Å². The van der Waals surface area contributed by atoms with Crippen LogP contribution >= 0.6 is 0 Å². The number of rotatable bonds is 7. The first-order valence-electron chi connectivity index (χ1n) is 7.95. The van der Waals surface area contributed by atoms with E-state index >= 15 is 0 Å². The number of anilines is 3. The quantitative estimate of drug-likeness (QED) is 0.481. The molecule has 9 heteroatoms. The number of methoxy groups -OCH3 is 1. The van der Waals surface area contributed by atoms with Crippen LogP contribution in [-0.4, -0.2) is 22.0 Å². The summed E-state index contributed by atoms with van der Waals surface area (Å²) in [4.78, 5) is 19.0. The predicted molar refractivity (Wildman–Crippen MR) is 98.7 cm³/mol. The van der Waals surface area contributed by atoms with Crippen molar-refractivity contribution in [2.75, 3.05) is 17.7 Å². The summed E-state index contributed by atoms with van der Waals surface area (Å²) in [6.07, 6.45) is 1.23. The van der Waals surface area contributed by atoms with Crippen LogP contribution in [0.5, 0.6) is 5.75 Å². The molecule has 0 aliphatic carbocycles. The summed E-state index contributed by atoms with van der Waals surface area (Å²) in [6, 6.07) is 12.7. The van der Waals surface area contributed by atoms with Crippen LogP contribution in [0.4, 0.5) is 27.4 Å². The van der Waals surface area contributed by atoms with Crippen molar-refractivity contribution in [1.29, 1.82) is 0 Å². The van der Waals surface area contributed by atoms with E-state index in [9.17, 15) is 14.5 Å². The van der Waals surface area contributed by atoms with Gasteiger partial charge in [-0.2, -0.15) is 0 Å². The minimum atomic E-state index is -0.557. The third-order valence-corrected chi connectivity index (χ3v) is 3.73. The van der Waals surface area contributed by atoms with Crippen molar-refractivity contribution in [3.05, 3.63) is 76.4 Å². The normalized spacial score (nSPS) is 10.3. The fourth-order valence-electron chi connectivity index (χ4n) is 2.37. The lowest BCUT2D eigenvalue weighted by Gasteiger charge is -2.10. The van der Waals surface area contributed by atoms with Gasteiger partial charge in [-0.1, -0.05) is 12.1 Å². The van der Waals surface area contributed by atoms with E-state index in [-0.39, 0.29) is 29.7 Å². The van der Waals surface area contributed by atoms with Gasteiger partial charge in [0, 0.05) is 12.2 Å². The highest BCUT2D eigenvalue weighted by atomic mass is 19.1. The van der Waals surface area contributed by atoms with E-state index in [2.05, 4.69) is 20.6 Å². The predicted octanol–water partition coefficient (Wildman–Crippen LogP) is 3.89. The van der Waals surface area contributed by atoms with Crippen LogP contribution in [0.25, 0.3) is 0 Å². The van der Waals surface area contributed by atoms with Crippen LogP contribution in [0.2, 0.25) is 0 Å². The Morgan fingerprint density at radius 1 is 1.07 bits per heavy atom. The lowest BCUT2D eigenvalue weighted by molar-refractivity contribution is -0.383. The summed E-state index contributed by atoms with van der Waals surface area (Å²) in [5.41, 5.74) is 1.09. The smallest absolute Gasteiger partial charge is 0.353 e. The molecule has 0 bridgehead atoms. The van der Waals surface area contributed by atoms with E-state index in [1.165, 1.54) is 18.5 Å². The third kappa shape index (κ3) is 4.46. The van der Waals surface area contributed by atoms with Gasteiger partial charge in [-0.05, 0) is 42.0 Å². The third-order valence-electron chi connectivity index (χ3n) is 3.73. The molecule has 3 aromatic rings. The van der Waals surface area contributed by atoms with Crippen molar-refractivity contribution in [3.8, 4) is 5.75 Å². The topological polar surface area (TPSA) is 102 Å². The van der Waals surface area contributed by atoms with Gasteiger partial charge in [0.2, 0.25) is 11.6 Å². The maximum atomic E-state index is 13.0. The van der Waals surface area contributed by atoms with Crippen molar-refractivity contribution < 1.29 is 14.1 Å². The number of aromatic nitrogens is 2. The molecule has 3 rings (SSSR count). The molecule has 0 fully saturated rings. The molecule has 27 heavy (non-hydrogen) atoms. The average Bonchev–Trinajstić information content (AvgIpc) is 2.68. The first-order chi connectivity index (χ1) is 13.1. The van der Waals surface area contributed by atoms with Gasteiger partial charge in [0.15, 0.2) is 0 Å². The van der Waals surface area contributed by atoms with Crippen molar-refractivity contribution in [3.63, 3.8) is 0 Å². The van der Waals surface area contributed by atoms with Gasteiger partial charge in [-0.3, -0.25) is 10.1 Å². The molecule has 1 heterocycles. The molecule has 0 saturated carbocycles. The Labute approximate surface area is 154 Å². The molecule has 138 valence electrons. The van der Waals surface area contributed by atoms with Crippen molar-refractivity contribution in [2.45, 2.75) is 6.54 Å². The Morgan fingerprint density at radius 2 is 1.74 bits per heavy atom. The first-order valence-corrected chi connectivity index (χ1v) is 7.95. The number of ether oxygens (including phenoxy) is 1. The second-order valence-electron chi connectivity index (χ2n) is 5.51. The van der Waals surface area contributed by atoms with Crippen LogP contribution in [-0.2, 0) is 6.54 Å². The fraction of sp³-hybridized carbons (Fsp3) is 0.111. The maximum Gasteiger partial charge on any atom is 0.353 e. The summed E-state index contributed by atoms with van der Waals surface area (Å²) in [5, 5.41) is 17.4. The molecule has 0 spiro atoms. The molecule has 2 aromatic carbocycles. The van der Waals surface area contributed by atoms with Gasteiger partial charge >= 0.3 is 5.69 Å². The summed E-state index contributed by atoms with van der Waals surface area (Å²) < 4.78 is 18.1. The van der Waals surface area contributed by atoms with Crippen LogP contribution < -0.4 is 15.4 Å². The van der Waals surface area contributed by atoms with Crippen LogP contribution in [0, 0.1) is 15.9 Å². The number of halogens is 1. The average molecular weight is 369 g/mol. The van der Waals surface area contributed by atoms with E-state index in [0.717, 1.165) is 5.56 Å². The Balaban J connectivity index is 1.83. The number of nitrogens with one attached hydrogen (secondary N) is 2. The molecule has 0 unspecified atom stereocenters. The standard InChI is InChI=1S/C18H16FN5O3/c1-27-15-8-6-14(7-9-15)23-18-16(24(25)26)17(21-11-22-18)20-10-12-2-4-13(19)5-3-12/h2-9,11H,10H2,1H3,(H2,20,21,22,23). The first kappa shape index (κ1) is 18.1. The molecular formula is C18H16FN5O3. The van der Waals surface area contributed by atoms with Gasteiger partial charge in [0.05, 0.1) is 12.0 Å². The lowest BCUT2D eigenvalue weighted by Crippen LogP contribution is -2.08. The number of hydrogen-bond acceptors (Lipinski definition) is 7. The summed E-state index contributed by atoms with van der Waals surface area (Å²) in [6.45, 7) is 0.250. The highest BCUT2D eigenvalue weighted by Crippen LogP contribution is 2.31. The Morgan fingerprint density at radius 3 is 2.37 bits per heavy atom. The Hall–Kier alpha value is -3.75. The lowest BCUT2D eigenvalue weighted by atomic mass is 10.2. The number of hydrogen-bond donors (Lipinski definition) is 2. The van der Waals surface area contributed by atoms with Crippen LogP contribution in [0.1, 0.15) is 5.56 Å². The minimum absolute atomic E-state index is 0.0572. The zero-order chi connectivity index (χ0) is 19.2. The SMILES string of the molecule is COc1ccc(Nc2ncnc(NCc3ccc(F)cc3)c2[N+](=O)[O-])cc1. The van der Waals surface area contributed by atoms with Crippen molar-refractivity contribution >= 4 is 23.0 Å². The van der Waals surface area contributed by atoms with Crippen molar-refractivity contribution in [1.82, 2.24) is 9.97 Å². The molecule has 0 aliphatic heterocycles. The zero-order valence-corrected chi connectivity index (χ0v) is 14.3. The number of benzene rings is 2. The molecule has 0 amide bonds. The van der Waals surface area contributed by atoms with Gasteiger partial charge in [0.1, 0.15) is 17.9 Å². The van der Waals surface area contributed by atoms with Gasteiger partial charge in [0.25, 0.3) is 0 Å². The monoisotopic (exact) mass is 369 g/mol. The zero-order valence-electron chi connectivity index (χ0n) is 14.3. The van der Waals surface area contributed by atoms with E-state index in [4.69, 9.17) is 4.74 Å². The Bertz CT molecular complexity index is 933. The van der Waals surface area contributed by atoms with E-state index in [1.807, 2.05) is 0 Å². The van der Waals surface area contributed by atoms with Gasteiger partial charge in [-0.25, -0.2) is 14.4 Å². The van der Waals surface area contributed by atoms with E-state index < -0.39 is 4.92 Å². The number of nitro groups is 1. The van der Waals surface area contributed by atoms with Gasteiger partial charge < -0.3 is 15.4 Å². The molecular weight excluding hydrogens is 353 g/mol. The van der Waals surface area contributed by atoms with E-state index in [1.54, 1.807) is 43.5 Å². The second kappa shape index (κ2) is 8.09. The molecule has 8 nitrogen and oxygen atoms in total. The van der Waals surface area contributed by atoms with Crippen LogP contribution in [0.3, 0.4) is 0 Å². The minimum Gasteiger partial charge on any atom is -0.497 e. The Kier molecular flexibility index (Phi) is 5.41. The summed E-state index contributed by atoms with van der Waals surface area (Å²) in [5.74, 6) is 0.439. The molecule has 1 aromatic heterocycles. The highest BCUT2D eigenvalue weighted by Gasteiger charge is 2.23. The molecule has 0 atom stereocenters. The highest BCUT2D eigenvalue weighted by molar-refractivity contribution is 5.73. The maximum absolute atomic E-state index is 13.0. The second-order valence-corrected chi connectivity index (χ2v) is 5.51. The molecule has 0 radical (unpaired) electrons. The summed E-state index contributed by atoms with van der Waals surface area (Å²) >= 11 is 0. The molecule has 0 aliphatic rings. The largest absolute Gasteiger partial charge is 0.497 e. The van der Waals surface area contributed by atoms with Crippen molar-refractivity contribution in [2.24, 2.45) is 0 Å². The molecule has 2 N–H and O–H groups in total. The van der Waals surface area contributed by atoms with Gasteiger partial charge in [-0.15, -0.1) is 0 Å². The number of nitrogens with zero attached hydrogens (tertiary/aromatic N) is 3. The molecule has 0 saturated heterocycles. The van der Waals surface area contributed by atoms with E-state index in [0.29, 0.717) is 11.4 Å². The summed E-state index contributed by atoms with van der Waals surface area (Å²) in [7, 11) is 1.55.